The van der Waals surface area contributed by atoms with Crippen LogP contribution in [0.4, 0.5) is 0 Å². The molecule has 0 aliphatic carbocycles. The predicted molar refractivity (Wildman–Crippen MR) is 136 cm³/mol. The van der Waals surface area contributed by atoms with Crippen LogP contribution < -0.4 is 4.74 Å². The number of ether oxygens (including phenoxy) is 4. The summed E-state index contributed by atoms with van der Waals surface area (Å²) in [7, 11) is 1.59. The first-order valence-corrected chi connectivity index (χ1v) is 12.3. The molecule has 2 aromatic carbocycles. The molecular formula is C27H32O12. The van der Waals surface area contributed by atoms with Gasteiger partial charge in [0.05, 0.1) is 26.4 Å². The van der Waals surface area contributed by atoms with Gasteiger partial charge in [-0.3, -0.25) is 4.79 Å². The van der Waals surface area contributed by atoms with Crippen LogP contribution in [0.2, 0.25) is 0 Å². The number of fused-ring (bicyclic) bond motifs is 1. The van der Waals surface area contributed by atoms with Gasteiger partial charge in [0, 0.05) is 6.42 Å². The number of carbonyl (C=O) groups excluding carboxylic acids is 1. The van der Waals surface area contributed by atoms with Crippen molar-refractivity contribution in [3.05, 3.63) is 59.6 Å². The number of allylic oxidation sites excluding steroid dienone is 1. The SMILES string of the molecule is COc1ccc2cc(/C=C/C(=O)C[C@@H]3OC(CO)[C@@H](O[C@@H]4OC(CO)[C@H](O)C(O)=C4O)C(O)C3O)ccc2c1. The predicted octanol–water partition coefficient (Wildman–Crippen LogP) is 0.0932. The van der Waals surface area contributed by atoms with E-state index in [4.69, 9.17) is 18.9 Å². The summed E-state index contributed by atoms with van der Waals surface area (Å²) in [5.41, 5.74) is 0.766. The molecular weight excluding hydrogens is 516 g/mol. The Bertz CT molecular complexity index is 1220. The van der Waals surface area contributed by atoms with Gasteiger partial charge < -0.3 is 54.7 Å². The van der Waals surface area contributed by atoms with E-state index in [1.807, 2.05) is 36.4 Å². The minimum Gasteiger partial charge on any atom is -0.506 e. The Labute approximate surface area is 223 Å². The van der Waals surface area contributed by atoms with Crippen molar-refractivity contribution < 1.29 is 59.5 Å². The average Bonchev–Trinajstić information content (AvgIpc) is 2.95. The molecule has 0 saturated carbocycles. The Morgan fingerprint density at radius 1 is 0.897 bits per heavy atom. The van der Waals surface area contributed by atoms with Gasteiger partial charge in [-0.2, -0.15) is 0 Å². The number of carbonyl (C=O) groups is 1. The quantitative estimate of drug-likeness (QED) is 0.209. The van der Waals surface area contributed by atoms with Crippen LogP contribution in [0.5, 0.6) is 5.75 Å². The molecule has 4 unspecified atom stereocenters. The van der Waals surface area contributed by atoms with Crippen molar-refractivity contribution in [3.63, 3.8) is 0 Å². The van der Waals surface area contributed by atoms with E-state index >= 15 is 0 Å². The molecule has 2 aromatic rings. The number of rotatable bonds is 9. The van der Waals surface area contributed by atoms with Crippen molar-refractivity contribution >= 4 is 22.6 Å². The summed E-state index contributed by atoms with van der Waals surface area (Å²) in [6.45, 7) is -1.41. The summed E-state index contributed by atoms with van der Waals surface area (Å²) < 4.78 is 21.6. The van der Waals surface area contributed by atoms with Gasteiger partial charge in [-0.1, -0.05) is 24.3 Å². The maximum absolute atomic E-state index is 12.7. The number of hydrogen-bond donors (Lipinski definition) is 7. The lowest BCUT2D eigenvalue weighted by Gasteiger charge is -2.43. The van der Waals surface area contributed by atoms with E-state index < -0.39 is 79.5 Å². The fourth-order valence-electron chi connectivity index (χ4n) is 4.56. The van der Waals surface area contributed by atoms with Crippen LogP contribution in [-0.2, 0) is 19.0 Å². The van der Waals surface area contributed by atoms with E-state index in [0.29, 0.717) is 0 Å². The fraction of sp³-hybridized carbons (Fsp3) is 0.444. The molecule has 0 aromatic heterocycles. The Morgan fingerprint density at radius 3 is 2.28 bits per heavy atom. The summed E-state index contributed by atoms with van der Waals surface area (Å²) in [5.74, 6) is -1.47. The molecule has 2 heterocycles. The van der Waals surface area contributed by atoms with E-state index in [1.54, 1.807) is 13.2 Å². The zero-order valence-electron chi connectivity index (χ0n) is 21.0. The first-order chi connectivity index (χ1) is 18.7. The molecule has 7 N–H and O–H groups in total. The highest BCUT2D eigenvalue weighted by Gasteiger charge is 2.48. The summed E-state index contributed by atoms with van der Waals surface area (Å²) in [6, 6.07) is 11.2. The molecule has 4 rings (SSSR count). The van der Waals surface area contributed by atoms with Crippen LogP contribution in [0.15, 0.2) is 54.0 Å². The number of methoxy groups -OCH3 is 1. The van der Waals surface area contributed by atoms with E-state index in [1.165, 1.54) is 6.08 Å². The van der Waals surface area contributed by atoms with Gasteiger partial charge in [-0.15, -0.1) is 0 Å². The third kappa shape index (κ3) is 6.24. The van der Waals surface area contributed by atoms with Crippen LogP contribution in [0.25, 0.3) is 16.8 Å². The van der Waals surface area contributed by atoms with E-state index in [-0.39, 0.29) is 6.42 Å². The van der Waals surface area contributed by atoms with Crippen molar-refractivity contribution in [3.8, 4) is 5.75 Å². The van der Waals surface area contributed by atoms with Gasteiger partial charge in [-0.05, 0) is 40.6 Å². The van der Waals surface area contributed by atoms with Crippen LogP contribution >= 0.6 is 0 Å². The van der Waals surface area contributed by atoms with Crippen molar-refractivity contribution in [1.82, 2.24) is 0 Å². The normalized spacial score (nSPS) is 31.6. The van der Waals surface area contributed by atoms with Crippen LogP contribution in [-0.4, -0.2) is 111 Å². The molecule has 1 fully saturated rings. The van der Waals surface area contributed by atoms with Crippen LogP contribution in [0, 0.1) is 0 Å². The molecule has 0 spiro atoms. The first-order valence-electron chi connectivity index (χ1n) is 12.3. The first kappa shape index (κ1) is 28.9. The second kappa shape index (κ2) is 12.4. The van der Waals surface area contributed by atoms with Gasteiger partial charge in [0.15, 0.2) is 17.3 Å². The molecule has 2 aliphatic heterocycles. The third-order valence-electron chi connectivity index (χ3n) is 6.78. The monoisotopic (exact) mass is 548 g/mol. The second-order valence-corrected chi connectivity index (χ2v) is 9.36. The summed E-state index contributed by atoms with van der Waals surface area (Å²) in [5, 5.41) is 72.2. The number of ketones is 1. The highest BCUT2D eigenvalue weighted by molar-refractivity contribution is 5.95. The molecule has 39 heavy (non-hydrogen) atoms. The van der Waals surface area contributed by atoms with Gasteiger partial charge >= 0.3 is 0 Å². The van der Waals surface area contributed by atoms with Crippen molar-refractivity contribution in [2.75, 3.05) is 20.3 Å². The van der Waals surface area contributed by atoms with Crippen molar-refractivity contribution in [1.29, 1.82) is 0 Å². The smallest absolute Gasteiger partial charge is 0.220 e. The molecule has 8 atom stereocenters. The summed E-state index contributed by atoms with van der Waals surface area (Å²) >= 11 is 0. The minimum absolute atomic E-state index is 0.312. The van der Waals surface area contributed by atoms with Crippen molar-refractivity contribution in [2.24, 2.45) is 0 Å². The van der Waals surface area contributed by atoms with E-state index in [0.717, 1.165) is 22.1 Å². The molecule has 2 aliphatic rings. The Hall–Kier alpha value is -3.07. The fourth-order valence-corrected chi connectivity index (χ4v) is 4.56. The maximum atomic E-state index is 12.7. The zero-order valence-corrected chi connectivity index (χ0v) is 21.0. The molecule has 0 radical (unpaired) electrons. The number of aliphatic hydroxyl groups is 7. The van der Waals surface area contributed by atoms with Crippen molar-refractivity contribution in [2.45, 2.75) is 55.4 Å². The van der Waals surface area contributed by atoms with Gasteiger partial charge in [0.1, 0.15) is 42.4 Å². The molecule has 0 bridgehead atoms. The molecule has 212 valence electrons. The number of hydrogen-bond acceptors (Lipinski definition) is 12. The molecule has 12 heteroatoms. The van der Waals surface area contributed by atoms with Crippen LogP contribution in [0.3, 0.4) is 0 Å². The third-order valence-corrected chi connectivity index (χ3v) is 6.78. The summed E-state index contributed by atoms with van der Waals surface area (Å²) in [4.78, 5) is 12.7. The lowest BCUT2D eigenvalue weighted by atomic mass is 9.92. The van der Waals surface area contributed by atoms with Gasteiger partial charge in [0.25, 0.3) is 0 Å². The summed E-state index contributed by atoms with van der Waals surface area (Å²) in [6.07, 6.45) is -9.36. The minimum atomic E-state index is -1.74. The largest absolute Gasteiger partial charge is 0.506 e. The highest BCUT2D eigenvalue weighted by Crippen LogP contribution is 2.31. The molecule has 12 nitrogen and oxygen atoms in total. The average molecular weight is 549 g/mol. The number of aliphatic hydroxyl groups excluding tert-OH is 7. The van der Waals surface area contributed by atoms with Gasteiger partial charge in [-0.25, -0.2) is 0 Å². The van der Waals surface area contributed by atoms with E-state index in [9.17, 15) is 40.5 Å². The maximum Gasteiger partial charge on any atom is 0.220 e. The zero-order chi connectivity index (χ0) is 28.3. The lowest BCUT2D eigenvalue weighted by Crippen LogP contribution is -2.61. The second-order valence-electron chi connectivity index (χ2n) is 9.36. The highest BCUT2D eigenvalue weighted by atomic mass is 16.7. The van der Waals surface area contributed by atoms with Gasteiger partial charge in [0.2, 0.25) is 6.29 Å². The Kier molecular flexibility index (Phi) is 9.20. The van der Waals surface area contributed by atoms with Crippen LogP contribution in [0.1, 0.15) is 12.0 Å². The number of benzene rings is 2. The Morgan fingerprint density at radius 2 is 1.59 bits per heavy atom. The Balaban J connectivity index is 1.41. The standard InChI is InChI=1S/C27H32O12/c1-36-17-7-5-14-8-13(2-4-15(14)9-17)3-6-16(30)10-18-21(31)24(34)26(20(12-29)37-18)39-27-25(35)23(33)22(32)19(11-28)38-27/h2-9,18-22,24,26-29,31-35H,10-12H2,1H3/b6-3+/t18-,19?,20?,21?,22-,24?,26+,27-/m0/s1. The molecule has 0 amide bonds. The lowest BCUT2D eigenvalue weighted by molar-refractivity contribution is -0.295. The topological polar surface area (TPSA) is 196 Å². The molecule has 1 saturated heterocycles. The van der Waals surface area contributed by atoms with E-state index in [2.05, 4.69) is 0 Å².